The summed E-state index contributed by atoms with van der Waals surface area (Å²) in [6.45, 7) is 8.11. The molecule has 0 N–H and O–H groups in total. The number of rotatable bonds is 4. The van der Waals surface area contributed by atoms with E-state index < -0.39 is 0 Å². The van der Waals surface area contributed by atoms with E-state index in [0.717, 1.165) is 55.3 Å². The second-order valence-corrected chi connectivity index (χ2v) is 6.61. The molecule has 1 amide bonds. The van der Waals surface area contributed by atoms with Crippen LogP contribution in [-0.4, -0.2) is 58.8 Å². The molecule has 2 heterocycles. The van der Waals surface area contributed by atoms with Gasteiger partial charge in [0.15, 0.2) is 0 Å². The zero-order valence-electron chi connectivity index (χ0n) is 15.5. The van der Waals surface area contributed by atoms with Gasteiger partial charge in [-0.25, -0.2) is 0 Å². The van der Waals surface area contributed by atoms with Crippen molar-refractivity contribution in [1.82, 2.24) is 19.6 Å². The largest absolute Gasteiger partial charge is 0.496 e. The molecule has 0 atom stereocenters. The topological polar surface area (TPSA) is 50.6 Å². The minimum absolute atomic E-state index is 0.0913. The van der Waals surface area contributed by atoms with Gasteiger partial charge in [0.05, 0.1) is 12.8 Å². The maximum atomic E-state index is 12.8. The summed E-state index contributed by atoms with van der Waals surface area (Å²) in [6, 6.07) is 5.65. The van der Waals surface area contributed by atoms with Gasteiger partial charge in [0, 0.05) is 62.7 Å². The van der Waals surface area contributed by atoms with E-state index in [1.165, 1.54) is 5.56 Å². The summed E-state index contributed by atoms with van der Waals surface area (Å²) < 4.78 is 7.19. The average molecular weight is 342 g/mol. The number of aromatic nitrogens is 2. The Morgan fingerprint density at radius 2 is 1.92 bits per heavy atom. The lowest BCUT2D eigenvalue weighted by molar-refractivity contribution is 0.0627. The second kappa shape index (κ2) is 7.27. The van der Waals surface area contributed by atoms with E-state index in [2.05, 4.69) is 16.2 Å². The number of carbonyl (C=O) groups excluding carboxylic acids is 1. The summed E-state index contributed by atoms with van der Waals surface area (Å²) in [6.07, 6.45) is 2.08. The van der Waals surface area contributed by atoms with E-state index in [1.807, 2.05) is 48.7 Å². The Morgan fingerprint density at radius 1 is 1.20 bits per heavy atom. The number of carbonyl (C=O) groups is 1. The predicted octanol–water partition coefficient (Wildman–Crippen LogP) is 2.00. The van der Waals surface area contributed by atoms with E-state index in [4.69, 9.17) is 4.74 Å². The number of nitrogens with zero attached hydrogens (tertiary/aromatic N) is 4. The summed E-state index contributed by atoms with van der Waals surface area (Å²) in [7, 11) is 3.58. The van der Waals surface area contributed by atoms with Gasteiger partial charge in [-0.3, -0.25) is 14.4 Å². The highest BCUT2D eigenvalue weighted by Crippen LogP contribution is 2.23. The number of methoxy groups -OCH3 is 1. The zero-order chi connectivity index (χ0) is 18.0. The van der Waals surface area contributed by atoms with Crippen LogP contribution in [0.3, 0.4) is 0 Å². The Hall–Kier alpha value is -2.34. The summed E-state index contributed by atoms with van der Waals surface area (Å²) >= 11 is 0. The number of amides is 1. The maximum absolute atomic E-state index is 12.8. The van der Waals surface area contributed by atoms with E-state index in [1.54, 1.807) is 7.11 Å². The fourth-order valence-corrected chi connectivity index (χ4v) is 3.39. The van der Waals surface area contributed by atoms with Crippen LogP contribution in [0.2, 0.25) is 0 Å². The Morgan fingerprint density at radius 3 is 2.52 bits per heavy atom. The van der Waals surface area contributed by atoms with E-state index in [-0.39, 0.29) is 5.91 Å². The second-order valence-electron chi connectivity index (χ2n) is 6.61. The van der Waals surface area contributed by atoms with Gasteiger partial charge in [-0.1, -0.05) is 6.07 Å². The molecule has 6 nitrogen and oxygen atoms in total. The third-order valence-corrected chi connectivity index (χ3v) is 4.90. The summed E-state index contributed by atoms with van der Waals surface area (Å²) in [4.78, 5) is 17.2. The first-order chi connectivity index (χ1) is 12.0. The molecule has 0 saturated carbocycles. The molecule has 6 heteroatoms. The molecule has 134 valence electrons. The molecule has 0 bridgehead atoms. The van der Waals surface area contributed by atoms with Gasteiger partial charge >= 0.3 is 0 Å². The highest BCUT2D eigenvalue weighted by molar-refractivity contribution is 5.96. The molecule has 1 saturated heterocycles. The number of hydrogen-bond donors (Lipinski definition) is 0. The standard InChI is InChI=1S/C19H26N4O2/c1-14-17(6-5-7-18(14)25-4)19(24)23-10-8-22(9-11-23)13-16-12-21(3)20-15(16)2/h5-7,12H,8-11,13H2,1-4H3. The fraction of sp³-hybridized carbons (Fsp3) is 0.474. The molecule has 0 unspecified atom stereocenters. The van der Waals surface area contributed by atoms with Crippen LogP contribution in [0, 0.1) is 13.8 Å². The van der Waals surface area contributed by atoms with E-state index >= 15 is 0 Å². The maximum Gasteiger partial charge on any atom is 0.254 e. The molecule has 1 aromatic heterocycles. The number of benzene rings is 1. The molecule has 1 aromatic carbocycles. The minimum atomic E-state index is 0.0913. The van der Waals surface area contributed by atoms with E-state index in [9.17, 15) is 4.79 Å². The van der Waals surface area contributed by atoms with Crippen molar-refractivity contribution < 1.29 is 9.53 Å². The number of aryl methyl sites for hydroxylation is 2. The van der Waals surface area contributed by atoms with Crippen molar-refractivity contribution >= 4 is 5.91 Å². The van der Waals surface area contributed by atoms with Crippen molar-refractivity contribution in [2.24, 2.45) is 7.05 Å². The SMILES string of the molecule is COc1cccc(C(=O)N2CCN(Cc3cn(C)nc3C)CC2)c1C. The lowest BCUT2D eigenvalue weighted by Crippen LogP contribution is -2.48. The van der Waals surface area contributed by atoms with Crippen LogP contribution in [0.4, 0.5) is 0 Å². The average Bonchev–Trinajstić information content (AvgIpc) is 2.92. The highest BCUT2D eigenvalue weighted by Gasteiger charge is 2.24. The predicted molar refractivity (Wildman–Crippen MR) is 96.9 cm³/mol. The van der Waals surface area contributed by atoms with Crippen LogP contribution in [-0.2, 0) is 13.6 Å². The molecule has 25 heavy (non-hydrogen) atoms. The van der Waals surface area contributed by atoms with Crippen molar-refractivity contribution in [1.29, 1.82) is 0 Å². The zero-order valence-corrected chi connectivity index (χ0v) is 15.5. The number of ether oxygens (including phenoxy) is 1. The molecule has 2 aromatic rings. The molecule has 0 aliphatic carbocycles. The van der Waals surface area contributed by atoms with Crippen LogP contribution in [0.1, 0.15) is 27.2 Å². The van der Waals surface area contributed by atoms with Crippen LogP contribution < -0.4 is 4.74 Å². The van der Waals surface area contributed by atoms with Crippen LogP contribution in [0.25, 0.3) is 0 Å². The monoisotopic (exact) mass is 342 g/mol. The van der Waals surface area contributed by atoms with Gasteiger partial charge in [-0.2, -0.15) is 5.10 Å². The number of hydrogen-bond acceptors (Lipinski definition) is 4. The van der Waals surface area contributed by atoms with Gasteiger partial charge in [0.2, 0.25) is 0 Å². The molecular formula is C19H26N4O2. The molecule has 1 aliphatic rings. The van der Waals surface area contributed by atoms with Gasteiger partial charge in [0.1, 0.15) is 5.75 Å². The van der Waals surface area contributed by atoms with Crippen LogP contribution >= 0.6 is 0 Å². The van der Waals surface area contributed by atoms with Crippen molar-refractivity contribution in [2.75, 3.05) is 33.3 Å². The van der Waals surface area contributed by atoms with Crippen LogP contribution in [0.15, 0.2) is 24.4 Å². The van der Waals surface area contributed by atoms with Crippen molar-refractivity contribution in [2.45, 2.75) is 20.4 Å². The molecule has 1 fully saturated rings. The third kappa shape index (κ3) is 3.69. The van der Waals surface area contributed by atoms with Crippen molar-refractivity contribution in [3.05, 3.63) is 46.8 Å². The first-order valence-electron chi connectivity index (χ1n) is 8.64. The Balaban J connectivity index is 1.62. The van der Waals surface area contributed by atoms with Crippen molar-refractivity contribution in [3.8, 4) is 5.75 Å². The first-order valence-corrected chi connectivity index (χ1v) is 8.64. The first kappa shape index (κ1) is 17.5. The van der Waals surface area contributed by atoms with Gasteiger partial charge in [-0.05, 0) is 26.0 Å². The van der Waals surface area contributed by atoms with Crippen LogP contribution in [0.5, 0.6) is 5.75 Å². The lowest BCUT2D eigenvalue weighted by Gasteiger charge is -2.35. The molecule has 0 radical (unpaired) electrons. The summed E-state index contributed by atoms with van der Waals surface area (Å²) in [5, 5.41) is 4.40. The highest BCUT2D eigenvalue weighted by atomic mass is 16.5. The summed E-state index contributed by atoms with van der Waals surface area (Å²) in [5.74, 6) is 0.852. The van der Waals surface area contributed by atoms with Gasteiger partial charge in [0.25, 0.3) is 5.91 Å². The normalized spacial score (nSPS) is 15.4. The molecule has 3 rings (SSSR count). The Labute approximate surface area is 149 Å². The fourth-order valence-electron chi connectivity index (χ4n) is 3.39. The van der Waals surface area contributed by atoms with Gasteiger partial charge in [-0.15, -0.1) is 0 Å². The van der Waals surface area contributed by atoms with Gasteiger partial charge < -0.3 is 9.64 Å². The smallest absolute Gasteiger partial charge is 0.254 e. The Kier molecular flexibility index (Phi) is 5.08. The lowest BCUT2D eigenvalue weighted by atomic mass is 10.1. The Bertz CT molecular complexity index is 761. The summed E-state index contributed by atoms with van der Waals surface area (Å²) in [5.41, 5.74) is 3.97. The number of piperazine rings is 1. The molecular weight excluding hydrogens is 316 g/mol. The van der Waals surface area contributed by atoms with E-state index in [0.29, 0.717) is 0 Å². The molecule has 1 aliphatic heterocycles. The quantitative estimate of drug-likeness (QED) is 0.853. The third-order valence-electron chi connectivity index (χ3n) is 4.90. The minimum Gasteiger partial charge on any atom is -0.496 e. The van der Waals surface area contributed by atoms with Crippen molar-refractivity contribution in [3.63, 3.8) is 0 Å². The molecule has 0 spiro atoms.